The molecule has 210 valence electrons. The molecule has 0 atom stereocenters. The molecule has 3 heteroatoms. The van der Waals surface area contributed by atoms with Crippen molar-refractivity contribution in [3.05, 3.63) is 158 Å². The predicted molar refractivity (Wildman–Crippen MR) is 186 cm³/mol. The maximum absolute atomic E-state index is 6.06. The third kappa shape index (κ3) is 4.54. The molecule has 45 heavy (non-hydrogen) atoms. The van der Waals surface area contributed by atoms with Crippen molar-refractivity contribution in [2.45, 2.75) is 0 Å². The van der Waals surface area contributed by atoms with Crippen molar-refractivity contribution in [1.82, 2.24) is 9.97 Å². The molecule has 7 aromatic carbocycles. The molecule has 9 rings (SSSR count). The Hall–Kier alpha value is -6.06. The maximum atomic E-state index is 6.06. The number of benzene rings is 7. The molecule has 9 aromatic rings. The molecular weight excluding hydrogens is 548 g/mol. The highest BCUT2D eigenvalue weighted by molar-refractivity contribution is 6.00. The molecule has 0 unspecified atom stereocenters. The average molecular weight is 575 g/mol. The molecule has 0 saturated carbocycles. The summed E-state index contributed by atoms with van der Waals surface area (Å²) < 4.78 is 6.06. The van der Waals surface area contributed by atoms with Crippen molar-refractivity contribution in [2.75, 3.05) is 0 Å². The van der Waals surface area contributed by atoms with Gasteiger partial charge in [-0.25, -0.2) is 9.97 Å². The summed E-state index contributed by atoms with van der Waals surface area (Å²) >= 11 is 0. The van der Waals surface area contributed by atoms with Crippen molar-refractivity contribution >= 4 is 43.5 Å². The number of para-hydroxylation sites is 2. The van der Waals surface area contributed by atoms with E-state index in [2.05, 4.69) is 133 Å². The number of pyridine rings is 1. The zero-order chi connectivity index (χ0) is 29.7. The lowest BCUT2D eigenvalue weighted by molar-refractivity contribution is 0.620. The molecule has 0 bridgehead atoms. The SMILES string of the molecule is c1ccc2cc(-c3ccc4nc(-c5ccc6ccccc6c5)cc(-c5ccc(-c6nc7ccccc7o6)cc5)c4c3)ccc2c1. The van der Waals surface area contributed by atoms with Crippen LogP contribution in [-0.2, 0) is 0 Å². The van der Waals surface area contributed by atoms with Crippen molar-refractivity contribution in [3.8, 4) is 45.0 Å². The highest BCUT2D eigenvalue weighted by Gasteiger charge is 2.14. The first kappa shape index (κ1) is 25.4. The van der Waals surface area contributed by atoms with Gasteiger partial charge in [-0.1, -0.05) is 103 Å². The van der Waals surface area contributed by atoms with Crippen LogP contribution in [0.5, 0.6) is 0 Å². The van der Waals surface area contributed by atoms with Crippen molar-refractivity contribution in [2.24, 2.45) is 0 Å². The van der Waals surface area contributed by atoms with E-state index in [0.717, 1.165) is 55.5 Å². The maximum Gasteiger partial charge on any atom is 0.227 e. The van der Waals surface area contributed by atoms with Crippen molar-refractivity contribution < 1.29 is 4.42 Å². The van der Waals surface area contributed by atoms with Crippen LogP contribution in [0.1, 0.15) is 0 Å². The van der Waals surface area contributed by atoms with Crippen molar-refractivity contribution in [3.63, 3.8) is 0 Å². The first-order valence-electron chi connectivity index (χ1n) is 15.1. The fourth-order valence-electron chi connectivity index (χ4n) is 6.30. The Balaban J connectivity index is 1.21. The first-order valence-corrected chi connectivity index (χ1v) is 15.1. The number of aromatic nitrogens is 2. The van der Waals surface area contributed by atoms with E-state index in [1.54, 1.807) is 0 Å². The predicted octanol–water partition coefficient (Wildman–Crippen LogP) is 11.4. The van der Waals surface area contributed by atoms with E-state index in [9.17, 15) is 0 Å². The summed E-state index contributed by atoms with van der Waals surface area (Å²) in [4.78, 5) is 9.89. The van der Waals surface area contributed by atoms with Gasteiger partial charge in [0, 0.05) is 16.5 Å². The summed E-state index contributed by atoms with van der Waals surface area (Å²) in [6, 6.07) is 55.4. The molecule has 2 aromatic heterocycles. The molecule has 3 nitrogen and oxygen atoms in total. The number of rotatable bonds is 4. The van der Waals surface area contributed by atoms with E-state index < -0.39 is 0 Å². The standard InChI is InChI=1S/C42H26N2O/c1-3-9-31-23-33(19-13-27(31)7-1)34-21-22-38-37(25-34)36(26-40(43-38)35-20-14-28-8-2-4-10-32(28)24-35)29-15-17-30(18-16-29)42-44-39-11-5-6-12-41(39)45-42/h1-26H. The van der Waals surface area contributed by atoms with E-state index in [1.807, 2.05) is 24.3 Å². The molecule has 0 aliphatic rings. The van der Waals surface area contributed by atoms with Crippen LogP contribution in [-0.4, -0.2) is 9.97 Å². The van der Waals surface area contributed by atoms with Gasteiger partial charge in [0.25, 0.3) is 0 Å². The first-order chi connectivity index (χ1) is 22.2. The van der Waals surface area contributed by atoms with Crippen LogP contribution >= 0.6 is 0 Å². The lowest BCUT2D eigenvalue weighted by atomic mass is 9.94. The molecule has 0 spiro atoms. The minimum Gasteiger partial charge on any atom is -0.436 e. The Bertz CT molecular complexity index is 2510. The third-order valence-electron chi connectivity index (χ3n) is 8.67. The Kier molecular flexibility index (Phi) is 5.82. The van der Waals surface area contributed by atoms with Gasteiger partial charge in [-0.3, -0.25) is 0 Å². The molecule has 0 radical (unpaired) electrons. The number of hydrogen-bond acceptors (Lipinski definition) is 3. The number of nitrogens with zero attached hydrogens (tertiary/aromatic N) is 2. The largest absolute Gasteiger partial charge is 0.436 e. The van der Waals surface area contributed by atoms with Gasteiger partial charge >= 0.3 is 0 Å². The second kappa shape index (κ2) is 10.3. The quantitative estimate of drug-likeness (QED) is 0.210. The van der Waals surface area contributed by atoms with Crippen LogP contribution in [0.3, 0.4) is 0 Å². The van der Waals surface area contributed by atoms with Crippen LogP contribution in [0.15, 0.2) is 162 Å². The fourth-order valence-corrected chi connectivity index (χ4v) is 6.30. The lowest BCUT2D eigenvalue weighted by Crippen LogP contribution is -1.91. The number of oxazole rings is 1. The zero-order valence-corrected chi connectivity index (χ0v) is 24.3. The van der Waals surface area contributed by atoms with E-state index in [1.165, 1.54) is 27.1 Å². The summed E-state index contributed by atoms with van der Waals surface area (Å²) in [5, 5.41) is 6.00. The highest BCUT2D eigenvalue weighted by Crippen LogP contribution is 2.37. The van der Waals surface area contributed by atoms with Gasteiger partial charge in [0.1, 0.15) is 5.52 Å². The second-order valence-electron chi connectivity index (χ2n) is 11.5. The number of fused-ring (bicyclic) bond motifs is 4. The Labute approximate surface area is 260 Å². The summed E-state index contributed by atoms with van der Waals surface area (Å²) in [5.41, 5.74) is 10.2. The van der Waals surface area contributed by atoms with Gasteiger partial charge in [-0.2, -0.15) is 0 Å². The fraction of sp³-hybridized carbons (Fsp3) is 0. The highest BCUT2D eigenvalue weighted by atomic mass is 16.3. The van der Waals surface area contributed by atoms with Gasteiger partial charge < -0.3 is 4.42 Å². The van der Waals surface area contributed by atoms with Crippen molar-refractivity contribution in [1.29, 1.82) is 0 Å². The zero-order valence-electron chi connectivity index (χ0n) is 24.3. The van der Waals surface area contributed by atoms with Gasteiger partial charge in [0.2, 0.25) is 5.89 Å². The Morgan fingerprint density at radius 1 is 0.378 bits per heavy atom. The van der Waals surface area contributed by atoms with E-state index >= 15 is 0 Å². The molecule has 0 fully saturated rings. The monoisotopic (exact) mass is 574 g/mol. The summed E-state index contributed by atoms with van der Waals surface area (Å²) in [6.45, 7) is 0. The Morgan fingerprint density at radius 2 is 0.956 bits per heavy atom. The lowest BCUT2D eigenvalue weighted by Gasteiger charge is -2.13. The molecule has 0 aliphatic carbocycles. The molecular formula is C42H26N2O. The van der Waals surface area contributed by atoms with Gasteiger partial charge in [-0.05, 0) is 98.4 Å². The summed E-state index contributed by atoms with van der Waals surface area (Å²) in [5.74, 6) is 0.623. The topological polar surface area (TPSA) is 38.9 Å². The van der Waals surface area contributed by atoms with E-state index in [0.29, 0.717) is 5.89 Å². The molecule has 0 amide bonds. The molecule has 0 saturated heterocycles. The minimum absolute atomic E-state index is 0.623. The average Bonchev–Trinajstić information content (AvgIpc) is 3.55. The van der Waals surface area contributed by atoms with Gasteiger partial charge in [-0.15, -0.1) is 0 Å². The van der Waals surface area contributed by atoms with E-state index in [-0.39, 0.29) is 0 Å². The van der Waals surface area contributed by atoms with Crippen LogP contribution in [0.2, 0.25) is 0 Å². The summed E-state index contributed by atoms with van der Waals surface area (Å²) in [7, 11) is 0. The number of hydrogen-bond donors (Lipinski definition) is 0. The normalized spacial score (nSPS) is 11.6. The second-order valence-corrected chi connectivity index (χ2v) is 11.5. The molecule has 0 N–H and O–H groups in total. The van der Waals surface area contributed by atoms with Crippen LogP contribution in [0.25, 0.3) is 88.5 Å². The Morgan fingerprint density at radius 3 is 1.71 bits per heavy atom. The third-order valence-corrected chi connectivity index (χ3v) is 8.67. The van der Waals surface area contributed by atoms with Crippen LogP contribution in [0.4, 0.5) is 0 Å². The molecule has 0 aliphatic heterocycles. The minimum atomic E-state index is 0.623. The summed E-state index contributed by atoms with van der Waals surface area (Å²) in [6.07, 6.45) is 0. The smallest absolute Gasteiger partial charge is 0.227 e. The van der Waals surface area contributed by atoms with E-state index in [4.69, 9.17) is 14.4 Å². The van der Waals surface area contributed by atoms with Gasteiger partial charge in [0.15, 0.2) is 5.58 Å². The van der Waals surface area contributed by atoms with Crippen LogP contribution < -0.4 is 0 Å². The van der Waals surface area contributed by atoms with Gasteiger partial charge in [0.05, 0.1) is 11.2 Å². The molecule has 2 heterocycles. The van der Waals surface area contributed by atoms with Crippen LogP contribution in [0, 0.1) is 0 Å².